The zero-order valence-corrected chi connectivity index (χ0v) is 11.6. The topological polar surface area (TPSA) is 50.1 Å². The highest BCUT2D eigenvalue weighted by Crippen LogP contribution is 2.23. The van der Waals surface area contributed by atoms with Crippen molar-refractivity contribution in [3.05, 3.63) is 47.5 Å². The molecule has 0 aliphatic heterocycles. The number of unbranched alkanes of at least 4 members (excludes halogenated alkanes) is 1. The first-order valence-electron chi connectivity index (χ1n) is 6.82. The van der Waals surface area contributed by atoms with E-state index < -0.39 is 0 Å². The summed E-state index contributed by atoms with van der Waals surface area (Å²) < 4.78 is 5.07. The molecule has 2 aromatic carbocycles. The molecule has 0 heterocycles. The van der Waals surface area contributed by atoms with Crippen molar-refractivity contribution in [3.8, 4) is 6.07 Å². The Morgan fingerprint density at radius 1 is 1.30 bits per heavy atom. The molecule has 2 rings (SSSR count). The van der Waals surface area contributed by atoms with Crippen LogP contribution in [0.15, 0.2) is 36.4 Å². The Balaban J connectivity index is 2.41. The van der Waals surface area contributed by atoms with E-state index in [1.54, 1.807) is 6.92 Å². The number of nitrogens with zero attached hydrogens (tertiary/aromatic N) is 1. The molecule has 0 radical (unpaired) electrons. The lowest BCUT2D eigenvalue weighted by Gasteiger charge is -2.09. The molecule has 0 saturated heterocycles. The van der Waals surface area contributed by atoms with Crippen molar-refractivity contribution in [1.82, 2.24) is 0 Å². The van der Waals surface area contributed by atoms with Gasteiger partial charge in [0.1, 0.15) is 0 Å². The summed E-state index contributed by atoms with van der Waals surface area (Å²) in [7, 11) is 0. The van der Waals surface area contributed by atoms with Crippen molar-refractivity contribution in [2.24, 2.45) is 0 Å². The lowest BCUT2D eigenvalue weighted by atomic mass is 9.97. The smallest absolute Gasteiger partial charge is 0.338 e. The Hall–Kier alpha value is -2.34. The highest BCUT2D eigenvalue weighted by Gasteiger charge is 2.10. The van der Waals surface area contributed by atoms with Crippen LogP contribution in [0.25, 0.3) is 10.8 Å². The van der Waals surface area contributed by atoms with Gasteiger partial charge < -0.3 is 4.74 Å². The Bertz CT molecular complexity index is 656. The summed E-state index contributed by atoms with van der Waals surface area (Å²) in [4.78, 5) is 11.9. The lowest BCUT2D eigenvalue weighted by Crippen LogP contribution is -2.05. The third-order valence-electron chi connectivity index (χ3n) is 3.19. The molecule has 0 spiro atoms. The number of aryl methyl sites for hydroxylation is 1. The Morgan fingerprint density at radius 3 is 2.85 bits per heavy atom. The van der Waals surface area contributed by atoms with E-state index in [2.05, 4.69) is 6.07 Å². The van der Waals surface area contributed by atoms with Gasteiger partial charge in [0.15, 0.2) is 0 Å². The summed E-state index contributed by atoms with van der Waals surface area (Å²) >= 11 is 0. The van der Waals surface area contributed by atoms with Crippen molar-refractivity contribution in [1.29, 1.82) is 5.26 Å². The zero-order valence-electron chi connectivity index (χ0n) is 11.6. The van der Waals surface area contributed by atoms with Gasteiger partial charge >= 0.3 is 5.97 Å². The molecule has 0 aromatic heterocycles. The van der Waals surface area contributed by atoms with Gasteiger partial charge in [-0.3, -0.25) is 0 Å². The van der Waals surface area contributed by atoms with E-state index in [1.165, 1.54) is 0 Å². The van der Waals surface area contributed by atoms with Crippen LogP contribution in [0.2, 0.25) is 0 Å². The molecular weight excluding hydrogens is 250 g/mol. The molecule has 0 aliphatic carbocycles. The maximum Gasteiger partial charge on any atom is 0.338 e. The number of carbonyl (C=O) groups excluding carboxylic acids is 1. The van der Waals surface area contributed by atoms with Gasteiger partial charge in [-0.15, -0.1) is 0 Å². The van der Waals surface area contributed by atoms with Crippen LogP contribution in [0.4, 0.5) is 0 Å². The van der Waals surface area contributed by atoms with E-state index in [0.29, 0.717) is 18.6 Å². The molecule has 0 unspecified atom stereocenters. The van der Waals surface area contributed by atoms with Gasteiger partial charge in [0.2, 0.25) is 0 Å². The van der Waals surface area contributed by atoms with E-state index in [9.17, 15) is 4.79 Å². The number of nitriles is 1. The van der Waals surface area contributed by atoms with Crippen LogP contribution in [0.3, 0.4) is 0 Å². The van der Waals surface area contributed by atoms with Crippen molar-refractivity contribution in [2.45, 2.75) is 26.2 Å². The van der Waals surface area contributed by atoms with Crippen molar-refractivity contribution < 1.29 is 9.53 Å². The second kappa shape index (κ2) is 6.72. The van der Waals surface area contributed by atoms with Crippen LogP contribution in [0.1, 0.15) is 35.7 Å². The molecular formula is C17H17NO2. The van der Waals surface area contributed by atoms with Gasteiger partial charge in [-0.05, 0) is 48.2 Å². The largest absolute Gasteiger partial charge is 0.462 e. The van der Waals surface area contributed by atoms with Crippen molar-refractivity contribution in [2.75, 3.05) is 6.61 Å². The second-order valence-corrected chi connectivity index (χ2v) is 4.59. The molecule has 0 saturated carbocycles. The van der Waals surface area contributed by atoms with Crippen LogP contribution in [-0.2, 0) is 11.2 Å². The summed E-state index contributed by atoms with van der Waals surface area (Å²) in [5.74, 6) is -0.292. The number of hydrogen-bond donors (Lipinski definition) is 0. The number of carbonyl (C=O) groups is 1. The number of hydrogen-bond acceptors (Lipinski definition) is 3. The highest BCUT2D eigenvalue weighted by atomic mass is 16.5. The van der Waals surface area contributed by atoms with Crippen LogP contribution < -0.4 is 0 Å². The standard InChI is InChI=1S/C17H17NO2/c1-2-20-17(19)15-11-13-7-3-4-9-16(13)14(12-15)8-5-6-10-18/h3-4,7,9,11-12H,2,5-6,8H2,1H3. The Labute approximate surface area is 118 Å². The minimum Gasteiger partial charge on any atom is -0.462 e. The summed E-state index contributed by atoms with van der Waals surface area (Å²) in [5, 5.41) is 10.8. The first kappa shape index (κ1) is 14.1. The quantitative estimate of drug-likeness (QED) is 0.610. The molecule has 102 valence electrons. The van der Waals surface area contributed by atoms with Gasteiger partial charge in [-0.2, -0.15) is 5.26 Å². The molecule has 0 fully saturated rings. The first-order valence-corrected chi connectivity index (χ1v) is 6.82. The summed E-state index contributed by atoms with van der Waals surface area (Å²) in [6.07, 6.45) is 2.12. The molecule has 0 N–H and O–H groups in total. The van der Waals surface area contributed by atoms with Gasteiger partial charge in [-0.1, -0.05) is 24.3 Å². The maximum absolute atomic E-state index is 11.9. The van der Waals surface area contributed by atoms with E-state index in [4.69, 9.17) is 10.00 Å². The average Bonchev–Trinajstić information content (AvgIpc) is 2.47. The third kappa shape index (κ3) is 3.16. The number of benzene rings is 2. The van der Waals surface area contributed by atoms with Crippen LogP contribution in [0.5, 0.6) is 0 Å². The molecule has 0 bridgehead atoms. The van der Waals surface area contributed by atoms with Crippen LogP contribution in [0, 0.1) is 11.3 Å². The first-order chi connectivity index (χ1) is 9.76. The number of fused-ring (bicyclic) bond motifs is 1. The Morgan fingerprint density at radius 2 is 2.10 bits per heavy atom. The molecule has 0 amide bonds. The van der Waals surface area contributed by atoms with E-state index in [-0.39, 0.29) is 5.97 Å². The van der Waals surface area contributed by atoms with Gasteiger partial charge in [0, 0.05) is 6.42 Å². The molecule has 2 aromatic rings. The molecule has 0 atom stereocenters. The number of rotatable bonds is 5. The van der Waals surface area contributed by atoms with Crippen LogP contribution >= 0.6 is 0 Å². The van der Waals surface area contributed by atoms with E-state index in [1.807, 2.05) is 36.4 Å². The van der Waals surface area contributed by atoms with Crippen LogP contribution in [-0.4, -0.2) is 12.6 Å². The molecule has 3 nitrogen and oxygen atoms in total. The van der Waals surface area contributed by atoms with Gasteiger partial charge in [0.25, 0.3) is 0 Å². The average molecular weight is 267 g/mol. The normalized spacial score (nSPS) is 10.2. The lowest BCUT2D eigenvalue weighted by molar-refractivity contribution is 0.0526. The molecule has 20 heavy (non-hydrogen) atoms. The minimum absolute atomic E-state index is 0.292. The predicted octanol–water partition coefficient (Wildman–Crippen LogP) is 3.86. The predicted molar refractivity (Wildman–Crippen MR) is 78.5 cm³/mol. The summed E-state index contributed by atoms with van der Waals surface area (Å²) in [6.45, 7) is 2.17. The summed E-state index contributed by atoms with van der Waals surface area (Å²) in [6, 6.07) is 13.9. The third-order valence-corrected chi connectivity index (χ3v) is 3.19. The Kier molecular flexibility index (Phi) is 4.73. The minimum atomic E-state index is -0.292. The van der Waals surface area contributed by atoms with Crippen molar-refractivity contribution in [3.63, 3.8) is 0 Å². The fourth-order valence-corrected chi connectivity index (χ4v) is 2.29. The number of esters is 1. The maximum atomic E-state index is 11.9. The molecule has 0 aliphatic rings. The van der Waals surface area contributed by atoms with Crippen molar-refractivity contribution >= 4 is 16.7 Å². The fourth-order valence-electron chi connectivity index (χ4n) is 2.29. The van der Waals surface area contributed by atoms with Gasteiger partial charge in [-0.25, -0.2) is 4.79 Å². The summed E-state index contributed by atoms with van der Waals surface area (Å²) in [5.41, 5.74) is 1.68. The SMILES string of the molecule is CCOC(=O)c1cc(CCCC#N)c2ccccc2c1. The van der Waals surface area contributed by atoms with E-state index in [0.717, 1.165) is 29.2 Å². The zero-order chi connectivity index (χ0) is 14.4. The number of ether oxygens (including phenoxy) is 1. The van der Waals surface area contributed by atoms with E-state index >= 15 is 0 Å². The van der Waals surface area contributed by atoms with Gasteiger partial charge in [0.05, 0.1) is 18.2 Å². The fraction of sp³-hybridized carbons (Fsp3) is 0.294. The molecule has 3 heteroatoms. The second-order valence-electron chi connectivity index (χ2n) is 4.59. The highest BCUT2D eigenvalue weighted by molar-refractivity contribution is 5.97. The monoisotopic (exact) mass is 267 g/mol.